The zero-order valence-corrected chi connectivity index (χ0v) is 17.0. The molecule has 28 heavy (non-hydrogen) atoms. The normalized spacial score (nSPS) is 11.0. The molecule has 0 fully saturated rings. The fourth-order valence-electron chi connectivity index (χ4n) is 2.63. The Morgan fingerprint density at radius 2 is 1.54 bits per heavy atom. The maximum absolute atomic E-state index is 12.2. The molecule has 0 bridgehead atoms. The van der Waals surface area contributed by atoms with E-state index in [2.05, 4.69) is 31.4 Å². The SMILES string of the molecule is CC(C)(C)c1ccc(C(=O)NCCNC(=O)CCCOc2ccccc2)cc1. The van der Waals surface area contributed by atoms with Crippen molar-refractivity contribution in [3.05, 3.63) is 65.7 Å². The fraction of sp³-hybridized carbons (Fsp3) is 0.391. The Bertz CT molecular complexity index is 750. The van der Waals surface area contributed by atoms with Crippen molar-refractivity contribution in [2.75, 3.05) is 19.7 Å². The lowest BCUT2D eigenvalue weighted by Crippen LogP contribution is -2.34. The molecule has 0 aliphatic heterocycles. The van der Waals surface area contributed by atoms with E-state index in [1.165, 1.54) is 5.56 Å². The first-order valence-corrected chi connectivity index (χ1v) is 9.69. The minimum absolute atomic E-state index is 0.0413. The van der Waals surface area contributed by atoms with Gasteiger partial charge in [0, 0.05) is 25.1 Å². The van der Waals surface area contributed by atoms with Gasteiger partial charge in [0.2, 0.25) is 5.91 Å². The first-order valence-electron chi connectivity index (χ1n) is 9.69. The smallest absolute Gasteiger partial charge is 0.251 e. The van der Waals surface area contributed by atoms with Gasteiger partial charge in [-0.3, -0.25) is 9.59 Å². The molecular formula is C23H30N2O3. The lowest BCUT2D eigenvalue weighted by Gasteiger charge is -2.19. The molecule has 0 heterocycles. The van der Waals surface area contributed by atoms with Gasteiger partial charge in [-0.2, -0.15) is 0 Å². The predicted octanol–water partition coefficient (Wildman–Crippen LogP) is 3.69. The van der Waals surface area contributed by atoms with Crippen molar-refractivity contribution in [2.24, 2.45) is 0 Å². The molecular weight excluding hydrogens is 352 g/mol. The molecule has 2 aromatic rings. The van der Waals surface area contributed by atoms with Crippen LogP contribution in [-0.2, 0) is 10.2 Å². The maximum Gasteiger partial charge on any atom is 0.251 e. The number of nitrogens with one attached hydrogen (secondary N) is 2. The summed E-state index contributed by atoms with van der Waals surface area (Å²) in [5, 5.41) is 5.63. The van der Waals surface area contributed by atoms with E-state index in [4.69, 9.17) is 4.74 Å². The topological polar surface area (TPSA) is 67.4 Å². The number of ether oxygens (including phenoxy) is 1. The van der Waals surface area contributed by atoms with Gasteiger partial charge in [0.15, 0.2) is 0 Å². The second-order valence-electron chi connectivity index (χ2n) is 7.70. The number of rotatable bonds is 9. The lowest BCUT2D eigenvalue weighted by atomic mass is 9.87. The van der Waals surface area contributed by atoms with Crippen LogP contribution in [0.5, 0.6) is 5.75 Å². The first kappa shape index (κ1) is 21.5. The van der Waals surface area contributed by atoms with E-state index in [-0.39, 0.29) is 17.2 Å². The minimum Gasteiger partial charge on any atom is -0.494 e. The molecule has 5 heteroatoms. The number of hydrogen-bond donors (Lipinski definition) is 2. The fourth-order valence-corrected chi connectivity index (χ4v) is 2.63. The summed E-state index contributed by atoms with van der Waals surface area (Å²) in [4.78, 5) is 24.0. The Hall–Kier alpha value is -2.82. The van der Waals surface area contributed by atoms with Crippen molar-refractivity contribution in [1.82, 2.24) is 10.6 Å². The summed E-state index contributed by atoms with van der Waals surface area (Å²) in [5.74, 6) is 0.632. The van der Waals surface area contributed by atoms with Gasteiger partial charge in [-0.1, -0.05) is 51.1 Å². The van der Waals surface area contributed by atoms with E-state index >= 15 is 0 Å². The molecule has 0 spiro atoms. The summed E-state index contributed by atoms with van der Waals surface area (Å²) in [7, 11) is 0. The van der Waals surface area contributed by atoms with Crippen LogP contribution in [0.15, 0.2) is 54.6 Å². The predicted molar refractivity (Wildman–Crippen MR) is 112 cm³/mol. The van der Waals surface area contributed by atoms with Crippen LogP contribution in [0.25, 0.3) is 0 Å². The van der Waals surface area contributed by atoms with Gasteiger partial charge in [0.1, 0.15) is 5.75 Å². The summed E-state index contributed by atoms with van der Waals surface area (Å²) in [6.07, 6.45) is 1.04. The van der Waals surface area contributed by atoms with Gasteiger partial charge in [0.25, 0.3) is 5.91 Å². The van der Waals surface area contributed by atoms with Crippen molar-refractivity contribution < 1.29 is 14.3 Å². The van der Waals surface area contributed by atoms with E-state index < -0.39 is 0 Å². The van der Waals surface area contributed by atoms with Crippen LogP contribution >= 0.6 is 0 Å². The van der Waals surface area contributed by atoms with Crippen molar-refractivity contribution in [3.8, 4) is 5.75 Å². The number of carbonyl (C=O) groups is 2. The monoisotopic (exact) mass is 382 g/mol. The quantitative estimate of drug-likeness (QED) is 0.650. The molecule has 0 aliphatic rings. The minimum atomic E-state index is -0.133. The Labute approximate surface area is 167 Å². The Morgan fingerprint density at radius 1 is 0.893 bits per heavy atom. The average molecular weight is 383 g/mol. The maximum atomic E-state index is 12.2. The summed E-state index contributed by atoms with van der Waals surface area (Å²) in [6, 6.07) is 17.2. The molecule has 0 atom stereocenters. The molecule has 150 valence electrons. The Balaban J connectivity index is 1.58. The van der Waals surface area contributed by atoms with Gasteiger partial charge in [-0.05, 0) is 41.7 Å². The van der Waals surface area contributed by atoms with Gasteiger partial charge in [-0.25, -0.2) is 0 Å². The van der Waals surface area contributed by atoms with E-state index in [0.717, 1.165) is 5.75 Å². The molecule has 0 radical (unpaired) electrons. The third kappa shape index (κ3) is 7.43. The molecule has 0 unspecified atom stereocenters. The number of para-hydroxylation sites is 1. The molecule has 0 aliphatic carbocycles. The number of amides is 2. The molecule has 0 saturated carbocycles. The van der Waals surface area contributed by atoms with E-state index in [9.17, 15) is 9.59 Å². The lowest BCUT2D eigenvalue weighted by molar-refractivity contribution is -0.121. The number of carbonyl (C=O) groups excluding carboxylic acids is 2. The summed E-state index contributed by atoms with van der Waals surface area (Å²) in [6.45, 7) is 7.71. The second kappa shape index (κ2) is 10.5. The summed E-state index contributed by atoms with van der Waals surface area (Å²) >= 11 is 0. The summed E-state index contributed by atoms with van der Waals surface area (Å²) in [5.41, 5.74) is 1.87. The zero-order valence-electron chi connectivity index (χ0n) is 17.0. The molecule has 5 nitrogen and oxygen atoms in total. The van der Waals surface area contributed by atoms with Gasteiger partial charge < -0.3 is 15.4 Å². The third-order valence-corrected chi connectivity index (χ3v) is 4.31. The average Bonchev–Trinajstić information content (AvgIpc) is 2.68. The molecule has 2 N–H and O–H groups in total. The van der Waals surface area contributed by atoms with Crippen LogP contribution < -0.4 is 15.4 Å². The van der Waals surface area contributed by atoms with Gasteiger partial charge in [0.05, 0.1) is 6.61 Å². The van der Waals surface area contributed by atoms with Crippen LogP contribution in [0, 0.1) is 0 Å². The first-order chi connectivity index (χ1) is 13.4. The highest BCUT2D eigenvalue weighted by Gasteiger charge is 2.14. The van der Waals surface area contributed by atoms with Gasteiger partial charge >= 0.3 is 0 Å². The highest BCUT2D eigenvalue weighted by atomic mass is 16.5. The molecule has 2 aromatic carbocycles. The van der Waals surface area contributed by atoms with E-state index in [0.29, 0.717) is 38.1 Å². The Morgan fingerprint density at radius 3 is 2.18 bits per heavy atom. The van der Waals surface area contributed by atoms with E-state index in [1.807, 2.05) is 54.6 Å². The largest absolute Gasteiger partial charge is 0.494 e. The molecule has 2 rings (SSSR count). The van der Waals surface area contributed by atoms with Crippen molar-refractivity contribution in [2.45, 2.75) is 39.0 Å². The molecule has 0 aromatic heterocycles. The second-order valence-corrected chi connectivity index (χ2v) is 7.70. The van der Waals surface area contributed by atoms with Crippen molar-refractivity contribution in [3.63, 3.8) is 0 Å². The number of hydrogen-bond acceptors (Lipinski definition) is 3. The summed E-state index contributed by atoms with van der Waals surface area (Å²) < 4.78 is 5.55. The van der Waals surface area contributed by atoms with Gasteiger partial charge in [-0.15, -0.1) is 0 Å². The van der Waals surface area contributed by atoms with Crippen LogP contribution in [0.3, 0.4) is 0 Å². The third-order valence-electron chi connectivity index (χ3n) is 4.31. The van der Waals surface area contributed by atoms with Crippen LogP contribution in [0.4, 0.5) is 0 Å². The van der Waals surface area contributed by atoms with E-state index in [1.54, 1.807) is 0 Å². The zero-order chi connectivity index (χ0) is 20.4. The van der Waals surface area contributed by atoms with Crippen LogP contribution in [0.2, 0.25) is 0 Å². The van der Waals surface area contributed by atoms with Crippen molar-refractivity contribution >= 4 is 11.8 Å². The molecule has 2 amide bonds. The van der Waals surface area contributed by atoms with Crippen LogP contribution in [-0.4, -0.2) is 31.5 Å². The standard InChI is InChI=1S/C23H30N2O3/c1-23(2,3)19-13-11-18(12-14-19)22(27)25-16-15-24-21(26)10-7-17-28-20-8-5-4-6-9-20/h4-6,8-9,11-14H,7,10,15-17H2,1-3H3,(H,24,26)(H,25,27). The highest BCUT2D eigenvalue weighted by molar-refractivity contribution is 5.94. The van der Waals surface area contributed by atoms with Crippen LogP contribution in [0.1, 0.15) is 49.5 Å². The molecule has 0 saturated heterocycles. The van der Waals surface area contributed by atoms with Crippen molar-refractivity contribution in [1.29, 1.82) is 0 Å². The Kier molecular flexibility index (Phi) is 8.05. The number of benzene rings is 2. The highest BCUT2D eigenvalue weighted by Crippen LogP contribution is 2.22.